The van der Waals surface area contributed by atoms with Gasteiger partial charge in [-0.15, -0.1) is 0 Å². The number of amides is 1. The van der Waals surface area contributed by atoms with Gasteiger partial charge in [0.05, 0.1) is 18.7 Å². The van der Waals surface area contributed by atoms with E-state index in [1.54, 1.807) is 4.90 Å². The van der Waals surface area contributed by atoms with Crippen LogP contribution in [-0.4, -0.2) is 59.0 Å². The molecule has 0 aliphatic carbocycles. The van der Waals surface area contributed by atoms with Crippen LogP contribution in [0.25, 0.3) is 0 Å². The first-order valence-electron chi connectivity index (χ1n) is 7.01. The Morgan fingerprint density at radius 3 is 2.57 bits per heavy atom. The maximum Gasteiger partial charge on any atom is 0.221 e. The Balaban J connectivity index is 2.20. The molecule has 0 spiro atoms. The number of nitrogens with zero attached hydrogens (tertiary/aromatic N) is 1. The molecule has 4 atom stereocenters. The zero-order chi connectivity index (χ0) is 15.4. The van der Waals surface area contributed by atoms with Crippen LogP contribution in [0.2, 0.25) is 0 Å². The van der Waals surface area contributed by atoms with Crippen LogP contribution in [0.5, 0.6) is 0 Å². The van der Waals surface area contributed by atoms with Crippen LogP contribution < -0.4 is 5.32 Å². The van der Waals surface area contributed by atoms with E-state index in [0.29, 0.717) is 6.54 Å². The average Bonchev–Trinajstić information content (AvgIpc) is 2.72. The molecule has 0 saturated carbocycles. The lowest BCUT2D eigenvalue weighted by Crippen LogP contribution is -2.42. The second kappa shape index (κ2) is 6.98. The highest BCUT2D eigenvalue weighted by Crippen LogP contribution is 2.31. The van der Waals surface area contributed by atoms with Crippen molar-refractivity contribution in [2.75, 3.05) is 13.7 Å². The number of nitrogens with one attached hydrogen (secondary N) is 1. The summed E-state index contributed by atoms with van der Waals surface area (Å²) in [7, 11) is 1.49. The molecule has 1 aliphatic heterocycles. The molecule has 1 aromatic rings. The van der Waals surface area contributed by atoms with E-state index < -0.39 is 24.4 Å². The monoisotopic (exact) mass is 296 g/mol. The normalized spacial score (nSPS) is 29.5. The number of aliphatic hydroxyl groups excluding tert-OH is 2. The van der Waals surface area contributed by atoms with Gasteiger partial charge in [0, 0.05) is 20.0 Å². The SMILES string of the molecule is CNC(=O)C[C@@H]1[C@H](F)[C@H](O)[C@@H](CO)N1Cc1ccccc1. The maximum atomic E-state index is 14.3. The topological polar surface area (TPSA) is 72.8 Å². The minimum absolute atomic E-state index is 0.0436. The Morgan fingerprint density at radius 2 is 2.00 bits per heavy atom. The molecular formula is C15H21FN2O3. The first kappa shape index (κ1) is 15.9. The summed E-state index contributed by atoms with van der Waals surface area (Å²) >= 11 is 0. The van der Waals surface area contributed by atoms with Gasteiger partial charge in [0.15, 0.2) is 0 Å². The molecule has 1 fully saturated rings. The molecule has 3 N–H and O–H groups in total. The van der Waals surface area contributed by atoms with Crippen molar-refractivity contribution < 1.29 is 19.4 Å². The van der Waals surface area contributed by atoms with Crippen LogP contribution in [0.3, 0.4) is 0 Å². The lowest BCUT2D eigenvalue weighted by atomic mass is 10.1. The van der Waals surface area contributed by atoms with Crippen molar-refractivity contribution >= 4 is 5.91 Å². The van der Waals surface area contributed by atoms with Crippen molar-refractivity contribution in [3.63, 3.8) is 0 Å². The van der Waals surface area contributed by atoms with Gasteiger partial charge in [0.2, 0.25) is 5.91 Å². The molecule has 2 rings (SSSR count). The minimum atomic E-state index is -1.55. The number of carbonyl (C=O) groups is 1. The van der Waals surface area contributed by atoms with Crippen LogP contribution in [0.1, 0.15) is 12.0 Å². The summed E-state index contributed by atoms with van der Waals surface area (Å²) in [5, 5.41) is 21.9. The summed E-state index contributed by atoms with van der Waals surface area (Å²) < 4.78 is 14.3. The molecule has 0 bridgehead atoms. The Morgan fingerprint density at radius 1 is 1.33 bits per heavy atom. The van der Waals surface area contributed by atoms with Gasteiger partial charge in [-0.25, -0.2) is 4.39 Å². The highest BCUT2D eigenvalue weighted by Gasteiger charge is 2.48. The van der Waals surface area contributed by atoms with Gasteiger partial charge in [0.25, 0.3) is 0 Å². The van der Waals surface area contributed by atoms with Crippen LogP contribution in [0, 0.1) is 0 Å². The highest BCUT2D eigenvalue weighted by molar-refractivity contribution is 5.76. The number of hydrogen-bond donors (Lipinski definition) is 3. The number of rotatable bonds is 5. The Labute approximate surface area is 123 Å². The fourth-order valence-corrected chi connectivity index (χ4v) is 2.83. The molecule has 1 aliphatic rings. The van der Waals surface area contributed by atoms with E-state index in [2.05, 4.69) is 5.32 Å². The van der Waals surface area contributed by atoms with Gasteiger partial charge in [-0.1, -0.05) is 30.3 Å². The second-order valence-corrected chi connectivity index (χ2v) is 5.29. The van der Waals surface area contributed by atoms with E-state index in [1.165, 1.54) is 7.05 Å². The predicted octanol–water partition coefficient (Wildman–Crippen LogP) is 0.0668. The fourth-order valence-electron chi connectivity index (χ4n) is 2.83. The number of halogens is 1. The van der Waals surface area contributed by atoms with Gasteiger partial charge in [-0.05, 0) is 5.56 Å². The lowest BCUT2D eigenvalue weighted by molar-refractivity contribution is -0.122. The fraction of sp³-hybridized carbons (Fsp3) is 0.533. The number of likely N-dealkylation sites (tertiary alicyclic amines) is 1. The first-order valence-corrected chi connectivity index (χ1v) is 7.01. The molecule has 21 heavy (non-hydrogen) atoms. The van der Waals surface area contributed by atoms with E-state index in [9.17, 15) is 19.4 Å². The molecule has 1 amide bonds. The standard InChI is InChI=1S/C15H21FN2O3/c1-17-13(20)7-11-14(16)15(21)12(9-19)18(11)8-10-5-3-2-4-6-10/h2-6,11-12,14-15,19,21H,7-9H2,1H3,(H,17,20)/t11-,12-,14+,15-/m1/s1. The van der Waals surface area contributed by atoms with Gasteiger partial charge >= 0.3 is 0 Å². The molecule has 0 radical (unpaired) electrons. The molecule has 1 aromatic carbocycles. The molecule has 1 saturated heterocycles. The van der Waals surface area contributed by atoms with Crippen molar-refractivity contribution in [2.24, 2.45) is 0 Å². The lowest BCUT2D eigenvalue weighted by Gasteiger charge is -2.29. The Kier molecular flexibility index (Phi) is 5.27. The Hall–Kier alpha value is -1.50. The summed E-state index contributed by atoms with van der Waals surface area (Å²) in [5.41, 5.74) is 0.944. The third kappa shape index (κ3) is 3.40. The van der Waals surface area contributed by atoms with Crippen LogP contribution >= 0.6 is 0 Å². The number of carbonyl (C=O) groups excluding carboxylic acids is 1. The smallest absolute Gasteiger partial charge is 0.221 e. The van der Waals surface area contributed by atoms with E-state index in [0.717, 1.165) is 5.56 Å². The van der Waals surface area contributed by atoms with Crippen molar-refractivity contribution in [2.45, 2.75) is 37.3 Å². The van der Waals surface area contributed by atoms with Crippen molar-refractivity contribution in [3.05, 3.63) is 35.9 Å². The Bertz CT molecular complexity index is 471. The molecule has 116 valence electrons. The molecule has 5 nitrogen and oxygen atoms in total. The summed E-state index contributed by atoms with van der Waals surface area (Å²) in [6.07, 6.45) is -2.88. The minimum Gasteiger partial charge on any atom is -0.395 e. The number of hydrogen-bond acceptors (Lipinski definition) is 4. The number of benzene rings is 1. The third-order valence-electron chi connectivity index (χ3n) is 4.01. The van der Waals surface area contributed by atoms with Crippen LogP contribution in [-0.2, 0) is 11.3 Å². The molecule has 0 aromatic heterocycles. The molecule has 6 heteroatoms. The van der Waals surface area contributed by atoms with Crippen LogP contribution in [0.4, 0.5) is 4.39 Å². The third-order valence-corrected chi connectivity index (χ3v) is 4.01. The molecular weight excluding hydrogens is 275 g/mol. The highest BCUT2D eigenvalue weighted by atomic mass is 19.1. The van der Waals surface area contributed by atoms with E-state index in [4.69, 9.17) is 0 Å². The summed E-state index contributed by atoms with van der Waals surface area (Å²) in [4.78, 5) is 13.2. The van der Waals surface area contributed by atoms with Gasteiger partial charge in [0.1, 0.15) is 12.3 Å². The van der Waals surface area contributed by atoms with E-state index in [1.807, 2.05) is 30.3 Å². The molecule has 0 unspecified atom stereocenters. The first-order chi connectivity index (χ1) is 10.1. The largest absolute Gasteiger partial charge is 0.395 e. The van der Waals surface area contributed by atoms with Crippen LogP contribution in [0.15, 0.2) is 30.3 Å². The van der Waals surface area contributed by atoms with Crippen molar-refractivity contribution in [1.82, 2.24) is 10.2 Å². The van der Waals surface area contributed by atoms with Gasteiger partial charge in [-0.3, -0.25) is 9.69 Å². The number of aliphatic hydroxyl groups is 2. The maximum absolute atomic E-state index is 14.3. The van der Waals surface area contributed by atoms with Gasteiger partial charge < -0.3 is 15.5 Å². The van der Waals surface area contributed by atoms with Gasteiger partial charge in [-0.2, -0.15) is 0 Å². The van der Waals surface area contributed by atoms with E-state index in [-0.39, 0.29) is 18.9 Å². The average molecular weight is 296 g/mol. The second-order valence-electron chi connectivity index (χ2n) is 5.29. The van der Waals surface area contributed by atoms with Crippen molar-refractivity contribution in [3.8, 4) is 0 Å². The quantitative estimate of drug-likeness (QED) is 0.719. The van der Waals surface area contributed by atoms with Crippen molar-refractivity contribution in [1.29, 1.82) is 0 Å². The number of alkyl halides is 1. The predicted molar refractivity (Wildman–Crippen MR) is 76.2 cm³/mol. The summed E-state index contributed by atoms with van der Waals surface area (Å²) in [6, 6.07) is 7.97. The summed E-state index contributed by atoms with van der Waals surface area (Å²) in [5.74, 6) is -0.286. The summed E-state index contributed by atoms with van der Waals surface area (Å²) in [6.45, 7) is 0.0316. The zero-order valence-corrected chi connectivity index (χ0v) is 11.9. The molecule has 1 heterocycles. The zero-order valence-electron chi connectivity index (χ0n) is 11.9. The van der Waals surface area contributed by atoms with E-state index >= 15 is 0 Å².